The van der Waals surface area contributed by atoms with Gasteiger partial charge in [-0.1, -0.05) is 232 Å². The van der Waals surface area contributed by atoms with Gasteiger partial charge in [0.15, 0.2) is 6.29 Å². The highest BCUT2D eigenvalue weighted by Gasteiger charge is 2.44. The van der Waals surface area contributed by atoms with Gasteiger partial charge in [0.25, 0.3) is 0 Å². The van der Waals surface area contributed by atoms with Crippen LogP contribution >= 0.6 is 0 Å². The Morgan fingerprint density at radius 2 is 0.875 bits per heavy atom. The second-order valence-electron chi connectivity index (χ2n) is 19.7. The number of hydrogen-bond donors (Lipinski definition) is 6. The molecule has 1 fully saturated rings. The molecule has 0 aromatic carbocycles. The largest absolute Gasteiger partial charge is 0.394 e. The smallest absolute Gasteiger partial charge is 0.220 e. The second-order valence-corrected chi connectivity index (χ2v) is 19.7. The molecule has 0 radical (unpaired) electrons. The summed E-state index contributed by atoms with van der Waals surface area (Å²) in [7, 11) is 0. The fourth-order valence-corrected chi connectivity index (χ4v) is 8.49. The Morgan fingerprint density at radius 1 is 0.486 bits per heavy atom. The number of amides is 1. The summed E-state index contributed by atoms with van der Waals surface area (Å²) in [5.74, 6) is -0.197. The van der Waals surface area contributed by atoms with Crippen molar-refractivity contribution in [2.75, 3.05) is 13.2 Å². The van der Waals surface area contributed by atoms with E-state index in [0.717, 1.165) is 96.3 Å². The average Bonchev–Trinajstić information content (AvgIpc) is 3.38. The van der Waals surface area contributed by atoms with Crippen molar-refractivity contribution >= 4 is 5.91 Å². The second kappa shape index (κ2) is 51.3. The summed E-state index contributed by atoms with van der Waals surface area (Å²) in [4.78, 5) is 13.1. The van der Waals surface area contributed by atoms with Gasteiger partial charge in [0, 0.05) is 6.42 Å². The minimum absolute atomic E-state index is 0.197. The van der Waals surface area contributed by atoms with Crippen molar-refractivity contribution in [3.63, 3.8) is 0 Å². The summed E-state index contributed by atoms with van der Waals surface area (Å²) in [6.07, 6.45) is 68.6. The summed E-state index contributed by atoms with van der Waals surface area (Å²) in [5.41, 5.74) is 0. The number of allylic oxidation sites excluding steroid dienone is 17. The van der Waals surface area contributed by atoms with E-state index in [1.807, 2.05) is 6.08 Å². The maximum Gasteiger partial charge on any atom is 0.220 e. The van der Waals surface area contributed by atoms with Crippen molar-refractivity contribution in [3.05, 3.63) is 109 Å². The Kier molecular flexibility index (Phi) is 47.7. The summed E-state index contributed by atoms with van der Waals surface area (Å²) in [5, 5.41) is 54.5. The topological polar surface area (TPSA) is 149 Å². The van der Waals surface area contributed by atoms with Crippen molar-refractivity contribution in [3.8, 4) is 0 Å². The molecule has 0 aliphatic carbocycles. The number of nitrogens with one attached hydrogen (secondary N) is 1. The van der Waals surface area contributed by atoms with E-state index >= 15 is 0 Å². The lowest BCUT2D eigenvalue weighted by molar-refractivity contribution is -0.302. The lowest BCUT2D eigenvalue weighted by Crippen LogP contribution is -2.60. The van der Waals surface area contributed by atoms with E-state index in [2.05, 4.69) is 116 Å². The number of carbonyl (C=O) groups excluding carboxylic acids is 1. The van der Waals surface area contributed by atoms with Crippen LogP contribution in [0.3, 0.4) is 0 Å². The van der Waals surface area contributed by atoms with Crippen LogP contribution < -0.4 is 5.32 Å². The molecule has 72 heavy (non-hydrogen) atoms. The molecule has 6 N–H and O–H groups in total. The normalized spacial score (nSPS) is 20.0. The molecule has 0 saturated carbocycles. The lowest BCUT2D eigenvalue weighted by atomic mass is 9.99. The van der Waals surface area contributed by atoms with E-state index in [1.54, 1.807) is 6.08 Å². The molecule has 0 aromatic rings. The molecular weight excluding hydrogens is 899 g/mol. The van der Waals surface area contributed by atoms with Gasteiger partial charge in [0.1, 0.15) is 24.4 Å². The minimum atomic E-state index is -1.58. The van der Waals surface area contributed by atoms with E-state index in [0.29, 0.717) is 6.42 Å². The van der Waals surface area contributed by atoms with Crippen molar-refractivity contribution < 1.29 is 39.8 Å². The first-order valence-electron chi connectivity index (χ1n) is 29.1. The van der Waals surface area contributed by atoms with Gasteiger partial charge in [0.05, 0.1) is 25.4 Å². The van der Waals surface area contributed by atoms with Gasteiger partial charge in [0.2, 0.25) is 5.91 Å². The molecule has 1 amide bonds. The molecule has 1 heterocycles. The SMILES string of the molecule is CC/C=C\C/C=C\C/C=C\C/C=C\C/C=C\C/C=C\CCCCCCCCCCCCCCC(=O)NC(COC1OC(CO)C(O)C(O)C1O)C(O)/C=C/CC/C=C/CC/C=C/CCCCCCCCCC. The standard InChI is InChI=1S/C63H107NO8/c1-3-5-7-9-11-13-15-17-19-21-23-24-25-26-27-28-29-30-31-32-33-34-35-37-39-41-43-45-47-49-51-53-59(67)64-56(55-71-63-62(70)61(69)60(68)58(54-65)72-63)57(66)52-50-48-46-44-42-40-38-36-22-20-18-16-14-12-10-8-6-4-2/h5,7,11,13,17,19,22-24,26-27,29-30,36,42,44,50,52,56-58,60-63,65-66,68-70H,3-4,6,8-10,12,14-16,18,20-21,25,28,31-35,37-41,43,45-49,51,53-55H2,1-2H3,(H,64,67)/b7-5-,13-11-,19-17-,24-23-,27-26-,30-29-,36-22+,44-42+,52-50+. The molecule has 7 atom stereocenters. The Hall–Kier alpha value is -3.15. The van der Waals surface area contributed by atoms with Gasteiger partial charge >= 0.3 is 0 Å². The van der Waals surface area contributed by atoms with Crippen LogP contribution in [0.15, 0.2) is 109 Å². The van der Waals surface area contributed by atoms with E-state index in [-0.39, 0.29) is 12.5 Å². The van der Waals surface area contributed by atoms with Gasteiger partial charge in [-0.2, -0.15) is 0 Å². The molecule has 9 nitrogen and oxygen atoms in total. The molecule has 0 aromatic heterocycles. The Morgan fingerprint density at radius 3 is 1.33 bits per heavy atom. The third-order valence-electron chi connectivity index (χ3n) is 13.1. The third-order valence-corrected chi connectivity index (χ3v) is 13.1. The molecule has 1 aliphatic rings. The van der Waals surface area contributed by atoms with Crippen LogP contribution in [0.4, 0.5) is 0 Å². The first-order chi connectivity index (χ1) is 35.3. The number of aliphatic hydroxyl groups excluding tert-OH is 5. The average molecular weight is 1010 g/mol. The maximum atomic E-state index is 13.1. The molecule has 412 valence electrons. The predicted octanol–water partition coefficient (Wildman–Crippen LogP) is 14.6. The molecule has 0 bridgehead atoms. The first-order valence-corrected chi connectivity index (χ1v) is 29.1. The molecule has 7 unspecified atom stereocenters. The fourth-order valence-electron chi connectivity index (χ4n) is 8.49. The molecule has 1 rings (SSSR count). The quantitative estimate of drug-likeness (QED) is 0.0261. The Bertz CT molecular complexity index is 1490. The van der Waals surface area contributed by atoms with Crippen LogP contribution in [0.1, 0.15) is 226 Å². The summed E-state index contributed by atoms with van der Waals surface area (Å²) in [6, 6.07) is -0.836. The Labute approximate surface area is 440 Å². The Balaban J connectivity index is 2.23. The number of rotatable bonds is 48. The zero-order chi connectivity index (χ0) is 52.2. The predicted molar refractivity (Wildman–Crippen MR) is 304 cm³/mol. The lowest BCUT2D eigenvalue weighted by Gasteiger charge is -2.40. The fraction of sp³-hybridized carbons (Fsp3) is 0.698. The zero-order valence-corrected chi connectivity index (χ0v) is 45.6. The summed E-state index contributed by atoms with van der Waals surface area (Å²) >= 11 is 0. The molecule has 1 aliphatic heterocycles. The van der Waals surface area contributed by atoms with Crippen molar-refractivity contribution in [1.29, 1.82) is 0 Å². The van der Waals surface area contributed by atoms with E-state index < -0.39 is 49.5 Å². The van der Waals surface area contributed by atoms with Gasteiger partial charge in [-0.05, 0) is 96.3 Å². The van der Waals surface area contributed by atoms with E-state index in [9.17, 15) is 30.3 Å². The minimum Gasteiger partial charge on any atom is -0.394 e. The maximum absolute atomic E-state index is 13.1. The molecular formula is C63H107NO8. The van der Waals surface area contributed by atoms with Crippen LogP contribution in [-0.4, -0.2) is 87.5 Å². The first kappa shape index (κ1) is 66.9. The molecule has 9 heteroatoms. The number of aliphatic hydroxyl groups is 5. The van der Waals surface area contributed by atoms with Gasteiger partial charge in [-0.3, -0.25) is 4.79 Å². The van der Waals surface area contributed by atoms with Crippen LogP contribution in [0, 0.1) is 0 Å². The molecule has 1 saturated heterocycles. The molecule has 0 spiro atoms. The third kappa shape index (κ3) is 40.3. The summed E-state index contributed by atoms with van der Waals surface area (Å²) < 4.78 is 11.2. The van der Waals surface area contributed by atoms with Gasteiger partial charge in [-0.25, -0.2) is 0 Å². The van der Waals surface area contributed by atoms with Crippen LogP contribution in [0.25, 0.3) is 0 Å². The highest BCUT2D eigenvalue weighted by Crippen LogP contribution is 2.23. The van der Waals surface area contributed by atoms with E-state index in [1.165, 1.54) is 109 Å². The zero-order valence-electron chi connectivity index (χ0n) is 45.6. The van der Waals surface area contributed by atoms with Crippen molar-refractivity contribution in [2.24, 2.45) is 0 Å². The van der Waals surface area contributed by atoms with Crippen LogP contribution in [0.5, 0.6) is 0 Å². The number of unbranched alkanes of at least 4 members (excludes halogenated alkanes) is 22. The summed E-state index contributed by atoms with van der Waals surface area (Å²) in [6.45, 7) is 3.63. The number of carbonyl (C=O) groups is 1. The van der Waals surface area contributed by atoms with Crippen LogP contribution in [0.2, 0.25) is 0 Å². The monoisotopic (exact) mass is 1010 g/mol. The number of ether oxygens (including phenoxy) is 2. The highest BCUT2D eigenvalue weighted by atomic mass is 16.7. The van der Waals surface area contributed by atoms with Gasteiger partial charge in [-0.15, -0.1) is 0 Å². The van der Waals surface area contributed by atoms with E-state index in [4.69, 9.17) is 9.47 Å². The highest BCUT2D eigenvalue weighted by molar-refractivity contribution is 5.76. The van der Waals surface area contributed by atoms with Crippen LogP contribution in [-0.2, 0) is 14.3 Å². The van der Waals surface area contributed by atoms with Crippen molar-refractivity contribution in [1.82, 2.24) is 5.32 Å². The van der Waals surface area contributed by atoms with Crippen molar-refractivity contribution in [2.45, 2.75) is 269 Å². The number of hydrogen-bond acceptors (Lipinski definition) is 8. The van der Waals surface area contributed by atoms with Gasteiger partial charge < -0.3 is 40.3 Å².